The summed E-state index contributed by atoms with van der Waals surface area (Å²) < 4.78 is 13.4. The summed E-state index contributed by atoms with van der Waals surface area (Å²) >= 11 is 1.29. The number of hydrazine groups is 1. The summed E-state index contributed by atoms with van der Waals surface area (Å²) in [6.45, 7) is 11.2. The number of allylic oxidation sites excluding steroid dienone is 1. The number of hydrogen-bond donors (Lipinski definition) is 4. The van der Waals surface area contributed by atoms with Gasteiger partial charge in [0.15, 0.2) is 5.13 Å². The predicted molar refractivity (Wildman–Crippen MR) is 145 cm³/mol. The Morgan fingerprint density at radius 1 is 1.33 bits per heavy atom. The molecule has 11 heteroatoms. The number of anilines is 1. The molecule has 0 saturated carbocycles. The molecule has 9 nitrogen and oxygen atoms in total. The second-order valence-corrected chi connectivity index (χ2v) is 9.25. The zero-order chi connectivity index (χ0) is 26.1. The van der Waals surface area contributed by atoms with Gasteiger partial charge in [-0.1, -0.05) is 24.8 Å². The summed E-state index contributed by atoms with van der Waals surface area (Å²) in [6, 6.07) is 8.24. The Bertz CT molecular complexity index is 1130. The molecule has 2 heterocycles. The van der Waals surface area contributed by atoms with Crippen molar-refractivity contribution in [3.05, 3.63) is 59.3 Å². The molecule has 0 spiro atoms. The maximum atomic E-state index is 13.4. The van der Waals surface area contributed by atoms with Crippen LogP contribution in [0.15, 0.2) is 53.6 Å². The van der Waals surface area contributed by atoms with E-state index in [9.17, 15) is 9.65 Å². The number of thiazole rings is 1. The first kappa shape index (κ1) is 27.0. The van der Waals surface area contributed by atoms with E-state index in [4.69, 9.17) is 9.98 Å². The lowest BCUT2D eigenvalue weighted by molar-refractivity contribution is 0.350. The number of aromatic nitrogens is 1. The van der Waals surface area contributed by atoms with Crippen molar-refractivity contribution in [3.63, 3.8) is 0 Å². The molecule has 1 aliphatic rings. The first-order valence-corrected chi connectivity index (χ1v) is 12.7. The minimum absolute atomic E-state index is 0.330. The van der Waals surface area contributed by atoms with Gasteiger partial charge >= 0.3 is 0 Å². The molecule has 1 aromatic carbocycles. The fourth-order valence-corrected chi connectivity index (χ4v) is 4.46. The molecule has 0 unspecified atom stereocenters. The second kappa shape index (κ2) is 12.9. The zero-order valence-electron chi connectivity index (χ0n) is 21.2. The fourth-order valence-electron chi connectivity index (χ4n) is 3.61. The van der Waals surface area contributed by atoms with Gasteiger partial charge < -0.3 is 20.9 Å². The van der Waals surface area contributed by atoms with Crippen LogP contribution in [0.2, 0.25) is 0 Å². The minimum atomic E-state index is -0.330. The van der Waals surface area contributed by atoms with Crippen LogP contribution >= 0.6 is 11.3 Å². The van der Waals surface area contributed by atoms with Crippen LogP contribution in [0.4, 0.5) is 9.52 Å². The van der Waals surface area contributed by atoms with Gasteiger partial charge in [-0.05, 0) is 43.8 Å². The van der Waals surface area contributed by atoms with Crippen molar-refractivity contribution in [2.75, 3.05) is 45.2 Å². The first-order valence-electron chi connectivity index (χ1n) is 11.9. The van der Waals surface area contributed by atoms with E-state index in [2.05, 4.69) is 40.9 Å². The Labute approximate surface area is 216 Å². The first-order chi connectivity index (χ1) is 17.4. The SMILES string of the molecule is C=CNC(=NCC1CNC1)N(C)N/C(CC)=C(\NCC)N(C)c1nc(-c2ccc(F)cc2)c(C#N)s1. The average Bonchev–Trinajstić information content (AvgIpc) is 3.29. The van der Waals surface area contributed by atoms with E-state index in [-0.39, 0.29) is 5.82 Å². The zero-order valence-corrected chi connectivity index (χ0v) is 22.0. The van der Waals surface area contributed by atoms with E-state index in [0.717, 1.165) is 31.2 Å². The number of nitrogens with one attached hydrogen (secondary N) is 4. The molecule has 0 bridgehead atoms. The number of hydrogen-bond acceptors (Lipinski definition) is 8. The van der Waals surface area contributed by atoms with E-state index in [1.165, 1.54) is 23.5 Å². The van der Waals surface area contributed by atoms with Gasteiger partial charge in [0.05, 0.1) is 5.70 Å². The predicted octanol–water partition coefficient (Wildman–Crippen LogP) is 3.19. The molecule has 0 radical (unpaired) electrons. The number of guanidine groups is 1. The number of halogens is 1. The lowest BCUT2D eigenvalue weighted by atomic mass is 10.0. The highest BCUT2D eigenvalue weighted by molar-refractivity contribution is 7.16. The van der Waals surface area contributed by atoms with E-state index in [1.807, 2.05) is 30.9 Å². The number of nitrogens with zero attached hydrogens (tertiary/aromatic N) is 5. The Morgan fingerprint density at radius 2 is 2.06 bits per heavy atom. The van der Waals surface area contributed by atoms with Crippen molar-refractivity contribution in [1.82, 2.24) is 31.4 Å². The summed E-state index contributed by atoms with van der Waals surface area (Å²) in [5.41, 5.74) is 5.60. The molecular weight excluding hydrogens is 477 g/mol. The normalized spacial score (nSPS) is 14.3. The lowest BCUT2D eigenvalue weighted by Crippen LogP contribution is -2.48. The summed E-state index contributed by atoms with van der Waals surface area (Å²) in [7, 11) is 3.81. The molecule has 1 saturated heterocycles. The van der Waals surface area contributed by atoms with Crippen LogP contribution in [0.1, 0.15) is 25.1 Å². The van der Waals surface area contributed by atoms with Gasteiger partial charge in [0, 0.05) is 51.8 Å². The average molecular weight is 512 g/mol. The third kappa shape index (κ3) is 6.53. The van der Waals surface area contributed by atoms with E-state index in [1.54, 1.807) is 18.3 Å². The van der Waals surface area contributed by atoms with Crippen LogP contribution in [0.3, 0.4) is 0 Å². The standard InChI is InChI=1S/C25H34FN9S/c1-6-20(33-35(5)24(30-8-3)31-16-17-14-28-15-17)23(29-7-2)34(4)25-32-22(21(13-27)36-25)18-9-11-19(26)12-10-18/h8-12,17,28-29,33H,3,6-7,14-16H2,1-2,4-5H3,(H,30,31)/b23-20+. The van der Waals surface area contributed by atoms with E-state index >= 15 is 0 Å². The number of benzene rings is 1. The molecule has 0 amide bonds. The van der Waals surface area contributed by atoms with Gasteiger partial charge in [-0.15, -0.1) is 0 Å². The molecule has 36 heavy (non-hydrogen) atoms. The minimum Gasteiger partial charge on any atom is -0.370 e. The molecule has 4 N–H and O–H groups in total. The van der Waals surface area contributed by atoms with Crippen molar-refractivity contribution < 1.29 is 4.39 Å². The third-order valence-corrected chi connectivity index (χ3v) is 6.69. The number of aliphatic imine (C=N–C) groups is 1. The molecule has 0 aliphatic carbocycles. The van der Waals surface area contributed by atoms with Crippen molar-refractivity contribution in [3.8, 4) is 17.3 Å². The van der Waals surface area contributed by atoms with Gasteiger partial charge in [-0.2, -0.15) is 5.26 Å². The van der Waals surface area contributed by atoms with E-state index in [0.29, 0.717) is 46.1 Å². The Hall–Kier alpha value is -3.62. The molecule has 192 valence electrons. The summed E-state index contributed by atoms with van der Waals surface area (Å²) in [5.74, 6) is 1.71. The van der Waals surface area contributed by atoms with Crippen molar-refractivity contribution in [2.45, 2.75) is 20.3 Å². The van der Waals surface area contributed by atoms with Gasteiger partial charge in [0.25, 0.3) is 0 Å². The Morgan fingerprint density at radius 3 is 2.61 bits per heavy atom. The third-order valence-electron chi connectivity index (χ3n) is 5.66. The monoisotopic (exact) mass is 511 g/mol. The molecule has 1 aromatic heterocycles. The summed E-state index contributed by atoms with van der Waals surface area (Å²) in [4.78, 5) is 11.9. The molecule has 1 aliphatic heterocycles. The van der Waals surface area contributed by atoms with Crippen LogP contribution in [0.25, 0.3) is 11.3 Å². The Balaban J connectivity index is 1.90. The van der Waals surface area contributed by atoms with Crippen molar-refractivity contribution in [1.29, 1.82) is 5.26 Å². The molecular formula is C25H34FN9S. The number of nitriles is 1. The Kier molecular flexibility index (Phi) is 9.67. The molecule has 2 aromatic rings. The van der Waals surface area contributed by atoms with Crippen LogP contribution in [-0.4, -0.2) is 56.2 Å². The van der Waals surface area contributed by atoms with Gasteiger partial charge in [-0.3, -0.25) is 15.4 Å². The lowest BCUT2D eigenvalue weighted by Gasteiger charge is -2.30. The van der Waals surface area contributed by atoms with Crippen LogP contribution in [0.5, 0.6) is 0 Å². The molecule has 3 rings (SSSR count). The maximum absolute atomic E-state index is 13.4. The highest BCUT2D eigenvalue weighted by Crippen LogP contribution is 2.33. The highest BCUT2D eigenvalue weighted by Gasteiger charge is 2.21. The van der Waals surface area contributed by atoms with Gasteiger partial charge in [0.2, 0.25) is 5.96 Å². The quantitative estimate of drug-likeness (QED) is 0.207. The largest absolute Gasteiger partial charge is 0.370 e. The highest BCUT2D eigenvalue weighted by atomic mass is 32.1. The van der Waals surface area contributed by atoms with Crippen molar-refractivity contribution in [2.24, 2.45) is 10.9 Å². The van der Waals surface area contributed by atoms with Gasteiger partial charge in [0.1, 0.15) is 28.3 Å². The smallest absolute Gasteiger partial charge is 0.216 e. The second-order valence-electron chi connectivity index (χ2n) is 8.27. The summed E-state index contributed by atoms with van der Waals surface area (Å²) in [5, 5.41) is 22.0. The van der Waals surface area contributed by atoms with Crippen molar-refractivity contribution >= 4 is 22.4 Å². The topological polar surface area (TPSA) is 104 Å². The summed E-state index contributed by atoms with van der Waals surface area (Å²) in [6.07, 6.45) is 2.31. The number of rotatable bonds is 11. The molecule has 1 fully saturated rings. The van der Waals surface area contributed by atoms with Crippen LogP contribution in [-0.2, 0) is 0 Å². The van der Waals surface area contributed by atoms with Crippen LogP contribution < -0.4 is 26.3 Å². The molecule has 0 atom stereocenters. The van der Waals surface area contributed by atoms with Gasteiger partial charge in [-0.25, -0.2) is 9.37 Å². The fraction of sp³-hybridized carbons (Fsp3) is 0.400. The van der Waals surface area contributed by atoms with E-state index < -0.39 is 0 Å². The van der Waals surface area contributed by atoms with Crippen LogP contribution in [0, 0.1) is 23.1 Å². The maximum Gasteiger partial charge on any atom is 0.216 e.